The summed E-state index contributed by atoms with van der Waals surface area (Å²) in [6.07, 6.45) is 4.73. The number of rotatable bonds is 6. The van der Waals surface area contributed by atoms with Crippen LogP contribution in [0.25, 0.3) is 0 Å². The van der Waals surface area contributed by atoms with Gasteiger partial charge in [0.15, 0.2) is 0 Å². The summed E-state index contributed by atoms with van der Waals surface area (Å²) in [6.45, 7) is 1.59. The van der Waals surface area contributed by atoms with Crippen LogP contribution in [0.4, 0.5) is 5.69 Å². The van der Waals surface area contributed by atoms with Crippen LogP contribution in [-0.4, -0.2) is 34.6 Å². The van der Waals surface area contributed by atoms with Gasteiger partial charge in [-0.2, -0.15) is 0 Å². The molecule has 1 atom stereocenters. The van der Waals surface area contributed by atoms with Gasteiger partial charge in [0.1, 0.15) is 11.8 Å². The van der Waals surface area contributed by atoms with E-state index in [0.717, 1.165) is 42.6 Å². The van der Waals surface area contributed by atoms with Crippen molar-refractivity contribution in [2.45, 2.75) is 58.0 Å². The Morgan fingerprint density at radius 1 is 0.970 bits per heavy atom. The molecule has 4 rings (SSSR count). The number of carbonyl (C=O) groups is 4. The monoisotopic (exact) mass is 448 g/mol. The number of ether oxygens (including phenoxy) is 1. The number of amides is 3. The second-order valence-corrected chi connectivity index (χ2v) is 8.66. The molecule has 2 aliphatic rings. The fraction of sp³-hybridized carbons (Fsp3) is 0.385. The summed E-state index contributed by atoms with van der Waals surface area (Å²) >= 11 is 0. The maximum Gasteiger partial charge on any atom is 0.308 e. The molecule has 1 heterocycles. The third-order valence-corrected chi connectivity index (χ3v) is 6.29. The van der Waals surface area contributed by atoms with Crippen LogP contribution in [0.1, 0.15) is 51.0 Å². The highest BCUT2D eigenvalue weighted by atomic mass is 16.5. The van der Waals surface area contributed by atoms with Crippen molar-refractivity contribution in [2.75, 3.05) is 4.90 Å². The van der Waals surface area contributed by atoms with E-state index in [2.05, 4.69) is 0 Å². The van der Waals surface area contributed by atoms with E-state index in [-0.39, 0.29) is 24.2 Å². The number of hydrogen-bond donors (Lipinski definition) is 0. The molecule has 1 aliphatic carbocycles. The number of nitrogens with zero attached hydrogens (tertiary/aromatic N) is 2. The SMILES string of the molecule is CC(=O)Oc1ccc(N2C(=O)CC(N(Cc3ccccc3)C(=O)C3CCCCC3)C2=O)cc1. The molecule has 0 aromatic heterocycles. The lowest BCUT2D eigenvalue weighted by Gasteiger charge is -2.32. The van der Waals surface area contributed by atoms with Gasteiger partial charge in [-0.25, -0.2) is 4.90 Å². The predicted octanol–water partition coefficient (Wildman–Crippen LogP) is 3.85. The second kappa shape index (κ2) is 9.98. The molecule has 0 N–H and O–H groups in total. The van der Waals surface area contributed by atoms with E-state index in [0.29, 0.717) is 18.0 Å². The van der Waals surface area contributed by atoms with Crippen LogP contribution in [-0.2, 0) is 25.7 Å². The first-order valence-corrected chi connectivity index (χ1v) is 11.4. The Balaban J connectivity index is 1.58. The Bertz CT molecular complexity index is 1030. The molecule has 7 nitrogen and oxygen atoms in total. The number of hydrogen-bond acceptors (Lipinski definition) is 5. The summed E-state index contributed by atoms with van der Waals surface area (Å²) in [7, 11) is 0. The number of benzene rings is 2. The zero-order valence-electron chi connectivity index (χ0n) is 18.7. The Hall–Kier alpha value is -3.48. The molecule has 33 heavy (non-hydrogen) atoms. The zero-order chi connectivity index (χ0) is 23.4. The molecule has 0 bridgehead atoms. The average Bonchev–Trinajstić information content (AvgIpc) is 3.12. The lowest BCUT2D eigenvalue weighted by Crippen LogP contribution is -2.47. The van der Waals surface area contributed by atoms with Crippen molar-refractivity contribution < 1.29 is 23.9 Å². The predicted molar refractivity (Wildman–Crippen MR) is 122 cm³/mol. The van der Waals surface area contributed by atoms with Crippen molar-refractivity contribution in [3.05, 3.63) is 60.2 Å². The third kappa shape index (κ3) is 5.13. The highest BCUT2D eigenvalue weighted by Crippen LogP contribution is 2.32. The molecular weight excluding hydrogens is 420 g/mol. The molecule has 2 fully saturated rings. The Morgan fingerprint density at radius 2 is 1.64 bits per heavy atom. The summed E-state index contributed by atoms with van der Waals surface area (Å²) in [4.78, 5) is 53.7. The van der Waals surface area contributed by atoms with E-state index in [1.54, 1.807) is 29.2 Å². The van der Waals surface area contributed by atoms with Gasteiger partial charge < -0.3 is 9.64 Å². The quantitative estimate of drug-likeness (QED) is 0.381. The minimum Gasteiger partial charge on any atom is -0.427 e. The van der Waals surface area contributed by atoms with Gasteiger partial charge in [-0.1, -0.05) is 49.6 Å². The van der Waals surface area contributed by atoms with Gasteiger partial charge in [0.05, 0.1) is 12.1 Å². The molecular formula is C26H28N2O5. The molecule has 172 valence electrons. The van der Waals surface area contributed by atoms with Gasteiger partial charge >= 0.3 is 5.97 Å². The van der Waals surface area contributed by atoms with Gasteiger partial charge in [0.25, 0.3) is 5.91 Å². The van der Waals surface area contributed by atoms with E-state index in [1.165, 1.54) is 6.92 Å². The average molecular weight is 449 g/mol. The summed E-state index contributed by atoms with van der Waals surface area (Å²) in [6, 6.07) is 14.9. The van der Waals surface area contributed by atoms with E-state index >= 15 is 0 Å². The van der Waals surface area contributed by atoms with Gasteiger partial charge in [-0.05, 0) is 42.7 Å². The largest absolute Gasteiger partial charge is 0.427 e. The fourth-order valence-corrected chi connectivity index (χ4v) is 4.67. The lowest BCUT2D eigenvalue weighted by molar-refractivity contribution is -0.143. The molecule has 2 aromatic rings. The molecule has 1 aliphatic heterocycles. The number of imide groups is 1. The summed E-state index contributed by atoms with van der Waals surface area (Å²) in [5, 5.41) is 0. The van der Waals surface area contributed by atoms with Crippen molar-refractivity contribution in [3.8, 4) is 5.75 Å². The minimum absolute atomic E-state index is 0.0447. The van der Waals surface area contributed by atoms with Crippen LogP contribution in [0.5, 0.6) is 5.75 Å². The Morgan fingerprint density at radius 3 is 2.27 bits per heavy atom. The van der Waals surface area contributed by atoms with E-state index < -0.39 is 17.9 Å². The second-order valence-electron chi connectivity index (χ2n) is 8.66. The number of carbonyl (C=O) groups excluding carboxylic acids is 4. The first kappa shape index (κ1) is 22.7. The Labute approximate surface area is 193 Å². The number of esters is 1. The van der Waals surface area contributed by atoms with Gasteiger partial charge in [0.2, 0.25) is 11.8 Å². The fourth-order valence-electron chi connectivity index (χ4n) is 4.67. The van der Waals surface area contributed by atoms with Gasteiger partial charge in [0, 0.05) is 19.4 Å². The normalized spacial score (nSPS) is 18.9. The molecule has 2 aromatic carbocycles. The Kier molecular flexibility index (Phi) is 6.87. The number of anilines is 1. The maximum atomic E-state index is 13.5. The molecule has 1 saturated carbocycles. The molecule has 1 saturated heterocycles. The molecule has 1 unspecified atom stereocenters. The summed E-state index contributed by atoms with van der Waals surface area (Å²) in [5.74, 6) is -1.02. The van der Waals surface area contributed by atoms with Crippen LogP contribution < -0.4 is 9.64 Å². The maximum absolute atomic E-state index is 13.5. The van der Waals surface area contributed by atoms with Crippen LogP contribution in [0.3, 0.4) is 0 Å². The molecule has 7 heteroatoms. The van der Waals surface area contributed by atoms with Crippen LogP contribution in [0.15, 0.2) is 54.6 Å². The highest BCUT2D eigenvalue weighted by Gasteiger charge is 2.45. The lowest BCUT2D eigenvalue weighted by atomic mass is 9.87. The summed E-state index contributed by atoms with van der Waals surface area (Å²) < 4.78 is 5.03. The molecule has 0 radical (unpaired) electrons. The van der Waals surface area contributed by atoms with E-state index in [4.69, 9.17) is 4.74 Å². The van der Waals surface area contributed by atoms with Gasteiger partial charge in [-0.3, -0.25) is 19.2 Å². The first-order valence-electron chi connectivity index (χ1n) is 11.4. The van der Waals surface area contributed by atoms with Crippen LogP contribution >= 0.6 is 0 Å². The van der Waals surface area contributed by atoms with Crippen LogP contribution in [0, 0.1) is 5.92 Å². The van der Waals surface area contributed by atoms with Crippen molar-refractivity contribution in [1.82, 2.24) is 4.90 Å². The van der Waals surface area contributed by atoms with Crippen molar-refractivity contribution in [1.29, 1.82) is 0 Å². The smallest absolute Gasteiger partial charge is 0.308 e. The van der Waals surface area contributed by atoms with Crippen molar-refractivity contribution >= 4 is 29.4 Å². The molecule has 3 amide bonds. The molecule has 0 spiro atoms. The van der Waals surface area contributed by atoms with E-state index in [1.807, 2.05) is 30.3 Å². The zero-order valence-corrected chi connectivity index (χ0v) is 18.7. The first-order chi connectivity index (χ1) is 15.9. The van der Waals surface area contributed by atoms with Crippen molar-refractivity contribution in [2.24, 2.45) is 5.92 Å². The van der Waals surface area contributed by atoms with Crippen molar-refractivity contribution in [3.63, 3.8) is 0 Å². The minimum atomic E-state index is -0.833. The van der Waals surface area contributed by atoms with Crippen LogP contribution in [0.2, 0.25) is 0 Å². The highest BCUT2D eigenvalue weighted by molar-refractivity contribution is 6.23. The topological polar surface area (TPSA) is 84.0 Å². The standard InChI is InChI=1S/C26H28N2O5/c1-18(29)33-22-14-12-21(13-15-22)28-24(30)16-23(26(28)32)27(17-19-8-4-2-5-9-19)25(31)20-10-6-3-7-11-20/h2,4-5,8-9,12-15,20,23H,3,6-7,10-11,16-17H2,1H3. The summed E-state index contributed by atoms with van der Waals surface area (Å²) in [5.41, 5.74) is 1.32. The van der Waals surface area contributed by atoms with E-state index in [9.17, 15) is 19.2 Å². The third-order valence-electron chi connectivity index (χ3n) is 6.29. The van der Waals surface area contributed by atoms with Gasteiger partial charge in [-0.15, -0.1) is 0 Å².